The van der Waals surface area contributed by atoms with Gasteiger partial charge in [-0.1, -0.05) is 0 Å². The molecule has 0 amide bonds. The quantitative estimate of drug-likeness (QED) is 0.719. The smallest absolute Gasteiger partial charge is 0.433 e. The van der Waals surface area contributed by atoms with Crippen LogP contribution in [0.5, 0.6) is 0 Å². The third-order valence-electron chi connectivity index (χ3n) is 1.38. The molecular weight excluding hydrogens is 206 g/mol. The average Bonchev–Trinajstić information content (AvgIpc) is 2.02. The Morgan fingerprint density at radius 1 is 1.43 bits per heavy atom. The molecule has 0 spiro atoms. The van der Waals surface area contributed by atoms with Crippen LogP contribution in [0.1, 0.15) is 16.1 Å². The van der Waals surface area contributed by atoms with Gasteiger partial charge in [0.2, 0.25) is 0 Å². The Morgan fingerprint density at radius 3 is 2.43 bits per heavy atom. The summed E-state index contributed by atoms with van der Waals surface area (Å²) in [6.07, 6.45) is -4.55. The molecule has 0 aliphatic carbocycles. The summed E-state index contributed by atoms with van der Waals surface area (Å²) in [4.78, 5) is 13.0. The van der Waals surface area contributed by atoms with Crippen molar-refractivity contribution >= 4 is 5.97 Å². The number of halogens is 4. The van der Waals surface area contributed by atoms with Gasteiger partial charge in [-0.25, -0.2) is 14.2 Å². The Morgan fingerprint density at radius 2 is 2.00 bits per heavy atom. The maximum absolute atomic E-state index is 12.6. The highest BCUT2D eigenvalue weighted by Crippen LogP contribution is 2.28. The number of aromatic nitrogens is 1. The number of carbonyl (C=O) groups is 1. The van der Waals surface area contributed by atoms with Gasteiger partial charge in [-0.05, 0) is 6.07 Å². The second-order valence-electron chi connectivity index (χ2n) is 2.35. The summed E-state index contributed by atoms with van der Waals surface area (Å²) in [7, 11) is 0. The Balaban J connectivity index is 3.27. The van der Waals surface area contributed by atoms with Crippen molar-refractivity contribution in [3.8, 4) is 0 Å². The molecule has 0 saturated carbocycles. The molecule has 7 heteroatoms. The van der Waals surface area contributed by atoms with Crippen LogP contribution in [-0.4, -0.2) is 16.1 Å². The molecule has 14 heavy (non-hydrogen) atoms. The lowest BCUT2D eigenvalue weighted by atomic mass is 10.2. The Bertz CT molecular complexity index is 374. The first-order valence-corrected chi connectivity index (χ1v) is 3.28. The van der Waals surface area contributed by atoms with Crippen molar-refractivity contribution in [3.63, 3.8) is 0 Å². The Hall–Kier alpha value is -1.66. The van der Waals surface area contributed by atoms with E-state index in [2.05, 4.69) is 4.98 Å². The molecule has 1 aromatic heterocycles. The van der Waals surface area contributed by atoms with Crippen molar-refractivity contribution in [1.82, 2.24) is 4.98 Å². The Labute approximate surface area is 75.0 Å². The summed E-state index contributed by atoms with van der Waals surface area (Å²) in [5.74, 6) is -3.07. The molecule has 1 N–H and O–H groups in total. The zero-order chi connectivity index (χ0) is 10.9. The molecule has 76 valence electrons. The fraction of sp³-hybridized carbons (Fsp3) is 0.143. The van der Waals surface area contributed by atoms with Crippen LogP contribution < -0.4 is 0 Å². The van der Waals surface area contributed by atoms with Gasteiger partial charge in [0.15, 0.2) is 5.82 Å². The van der Waals surface area contributed by atoms with Gasteiger partial charge in [-0.15, -0.1) is 0 Å². The van der Waals surface area contributed by atoms with Gasteiger partial charge in [0.05, 0.1) is 11.8 Å². The van der Waals surface area contributed by atoms with Crippen LogP contribution in [0.3, 0.4) is 0 Å². The van der Waals surface area contributed by atoms with E-state index in [1.807, 2.05) is 0 Å². The maximum Gasteiger partial charge on any atom is 0.433 e. The van der Waals surface area contributed by atoms with E-state index in [0.717, 1.165) is 0 Å². The highest BCUT2D eigenvalue weighted by molar-refractivity contribution is 5.87. The van der Waals surface area contributed by atoms with Gasteiger partial charge in [0.1, 0.15) is 5.69 Å². The monoisotopic (exact) mass is 209 g/mol. The topological polar surface area (TPSA) is 50.2 Å². The van der Waals surface area contributed by atoms with Crippen LogP contribution in [0.2, 0.25) is 0 Å². The molecule has 0 fully saturated rings. The number of hydrogen-bond acceptors (Lipinski definition) is 2. The van der Waals surface area contributed by atoms with Gasteiger partial charge < -0.3 is 5.11 Å². The van der Waals surface area contributed by atoms with Crippen LogP contribution in [-0.2, 0) is 6.18 Å². The molecule has 0 atom stereocenters. The second kappa shape index (κ2) is 3.24. The zero-order valence-corrected chi connectivity index (χ0v) is 6.47. The molecular formula is C7H3F4NO2. The van der Waals surface area contributed by atoms with E-state index in [1.54, 1.807) is 0 Å². The van der Waals surface area contributed by atoms with Crippen LogP contribution in [0.25, 0.3) is 0 Å². The zero-order valence-electron chi connectivity index (χ0n) is 6.47. The Kier molecular flexibility index (Phi) is 2.41. The minimum atomic E-state index is -4.78. The molecule has 3 nitrogen and oxygen atoms in total. The van der Waals surface area contributed by atoms with Crippen LogP contribution in [0, 0.1) is 5.82 Å². The molecule has 0 bridgehead atoms. The van der Waals surface area contributed by atoms with Gasteiger partial charge in [-0.3, -0.25) is 0 Å². The fourth-order valence-electron chi connectivity index (χ4n) is 0.758. The summed E-state index contributed by atoms with van der Waals surface area (Å²) in [6, 6.07) is 0.150. The number of nitrogens with zero attached hydrogens (tertiary/aromatic N) is 1. The third-order valence-corrected chi connectivity index (χ3v) is 1.38. The normalized spacial score (nSPS) is 11.4. The fourth-order valence-corrected chi connectivity index (χ4v) is 0.758. The molecule has 1 heterocycles. The first-order chi connectivity index (χ1) is 6.32. The number of alkyl halides is 3. The molecule has 0 aliphatic heterocycles. The van der Waals surface area contributed by atoms with E-state index in [-0.39, 0.29) is 12.3 Å². The molecule has 0 aliphatic rings. The highest BCUT2D eigenvalue weighted by Gasteiger charge is 2.33. The molecule has 0 unspecified atom stereocenters. The number of aromatic carboxylic acids is 1. The van der Waals surface area contributed by atoms with Gasteiger partial charge >= 0.3 is 12.1 Å². The summed E-state index contributed by atoms with van der Waals surface area (Å²) >= 11 is 0. The minimum Gasteiger partial charge on any atom is -0.478 e. The third kappa shape index (κ3) is 1.98. The first kappa shape index (κ1) is 10.4. The minimum absolute atomic E-state index is 0.150. The van der Waals surface area contributed by atoms with E-state index < -0.39 is 29.2 Å². The number of carboxylic acids is 1. The van der Waals surface area contributed by atoms with Crippen LogP contribution in [0.15, 0.2) is 12.3 Å². The van der Waals surface area contributed by atoms with Gasteiger partial charge in [0, 0.05) is 0 Å². The molecule has 1 rings (SSSR count). The maximum atomic E-state index is 12.6. The summed E-state index contributed by atoms with van der Waals surface area (Å²) in [5.41, 5.74) is -2.48. The standard InChI is InChI=1S/C7H3F4NO2/c8-4-2-12-5(7(9,10)11)1-3(4)6(13)14/h1-2H,(H,13,14). The van der Waals surface area contributed by atoms with E-state index in [0.29, 0.717) is 0 Å². The second-order valence-corrected chi connectivity index (χ2v) is 2.35. The number of hydrogen-bond donors (Lipinski definition) is 1. The van der Waals surface area contributed by atoms with E-state index in [4.69, 9.17) is 5.11 Å². The lowest BCUT2D eigenvalue weighted by Crippen LogP contribution is -2.11. The molecule has 0 radical (unpaired) electrons. The SMILES string of the molecule is O=C(O)c1cc(C(F)(F)F)ncc1F. The summed E-state index contributed by atoms with van der Waals surface area (Å²) in [6.45, 7) is 0. The average molecular weight is 209 g/mol. The van der Waals surface area contributed by atoms with Crippen LogP contribution in [0.4, 0.5) is 17.6 Å². The summed E-state index contributed by atoms with van der Waals surface area (Å²) < 4.78 is 48.6. The van der Waals surface area contributed by atoms with Crippen molar-refractivity contribution < 1.29 is 27.5 Å². The van der Waals surface area contributed by atoms with Gasteiger partial charge in [-0.2, -0.15) is 13.2 Å². The van der Waals surface area contributed by atoms with Crippen LogP contribution >= 0.6 is 0 Å². The van der Waals surface area contributed by atoms with Crippen molar-refractivity contribution in [2.24, 2.45) is 0 Å². The summed E-state index contributed by atoms with van der Waals surface area (Å²) in [5, 5.41) is 8.32. The molecule has 0 aromatic carbocycles. The predicted octanol–water partition coefficient (Wildman–Crippen LogP) is 1.94. The predicted molar refractivity (Wildman–Crippen MR) is 36.2 cm³/mol. The van der Waals surface area contributed by atoms with E-state index >= 15 is 0 Å². The van der Waals surface area contributed by atoms with E-state index in [9.17, 15) is 22.4 Å². The highest BCUT2D eigenvalue weighted by atomic mass is 19.4. The molecule has 0 saturated heterocycles. The lowest BCUT2D eigenvalue weighted by Gasteiger charge is -2.05. The van der Waals surface area contributed by atoms with Gasteiger partial charge in [0.25, 0.3) is 0 Å². The largest absolute Gasteiger partial charge is 0.478 e. The van der Waals surface area contributed by atoms with E-state index in [1.165, 1.54) is 0 Å². The lowest BCUT2D eigenvalue weighted by molar-refractivity contribution is -0.141. The number of carboxylic acid groups (broad SMARTS) is 1. The van der Waals surface area contributed by atoms with Crippen molar-refractivity contribution in [3.05, 3.63) is 29.3 Å². The van der Waals surface area contributed by atoms with Crippen molar-refractivity contribution in [1.29, 1.82) is 0 Å². The number of rotatable bonds is 1. The molecule has 1 aromatic rings. The van der Waals surface area contributed by atoms with Crippen molar-refractivity contribution in [2.75, 3.05) is 0 Å². The van der Waals surface area contributed by atoms with Crippen molar-refractivity contribution in [2.45, 2.75) is 6.18 Å². The number of pyridine rings is 1. The first-order valence-electron chi connectivity index (χ1n) is 3.28.